The molecule has 4 rings (SSSR count). The lowest BCUT2D eigenvalue weighted by atomic mass is 10.1. The molecular formula is C24H22F2N4O4S. The number of amides is 2. The minimum Gasteiger partial charge on any atom is -0.450 e. The molecule has 0 saturated carbocycles. The van der Waals surface area contributed by atoms with Crippen molar-refractivity contribution >= 4 is 44.5 Å². The summed E-state index contributed by atoms with van der Waals surface area (Å²) < 4.78 is 35.9. The minimum atomic E-state index is -3.06. The van der Waals surface area contributed by atoms with Gasteiger partial charge in [-0.05, 0) is 37.5 Å². The smallest absolute Gasteiger partial charge is 0.404 e. The Kier molecular flexibility index (Phi) is 7.66. The number of rotatable bonds is 10. The second-order valence-corrected chi connectivity index (χ2v) is 8.64. The number of nitrogens with one attached hydrogen (secondary N) is 1. The second-order valence-electron chi connectivity index (χ2n) is 7.61. The molecule has 182 valence electrons. The summed E-state index contributed by atoms with van der Waals surface area (Å²) in [4.78, 5) is 33.0. The number of unbranched alkanes of at least 4 members (excludes halogenated alkanes) is 1. The standard InChI is InChI=1S/C24H22F2N4O4S/c25-23(26)34-19-11-4-2-8-15(19)21(31)29-17(10-5-6-12-33-24(27)32)22-30-18-13-28-16-9-3-1-7-14(16)20(18)35-22/h1-4,7-9,11,13,17,23H,5-6,10,12H2,(H2,27,32)(H,29,31)/t17-/m0/s1. The average molecular weight is 501 g/mol. The predicted octanol–water partition coefficient (Wildman–Crippen LogP) is 5.18. The van der Waals surface area contributed by atoms with Gasteiger partial charge in [0.15, 0.2) is 0 Å². The third-order valence-corrected chi connectivity index (χ3v) is 6.45. The maximum atomic E-state index is 13.1. The maximum Gasteiger partial charge on any atom is 0.404 e. The summed E-state index contributed by atoms with van der Waals surface area (Å²) in [5.41, 5.74) is 6.51. The first-order valence-corrected chi connectivity index (χ1v) is 11.6. The number of thiazole rings is 1. The van der Waals surface area contributed by atoms with Crippen molar-refractivity contribution in [1.82, 2.24) is 15.3 Å². The highest BCUT2D eigenvalue weighted by molar-refractivity contribution is 7.19. The van der Waals surface area contributed by atoms with Gasteiger partial charge in [-0.25, -0.2) is 9.78 Å². The molecule has 3 N–H and O–H groups in total. The van der Waals surface area contributed by atoms with Crippen LogP contribution in [0.15, 0.2) is 54.7 Å². The second kappa shape index (κ2) is 11.0. The first-order chi connectivity index (χ1) is 16.9. The zero-order valence-corrected chi connectivity index (χ0v) is 19.3. The Hall–Kier alpha value is -3.86. The molecule has 0 saturated heterocycles. The van der Waals surface area contributed by atoms with Gasteiger partial charge in [-0.3, -0.25) is 9.78 Å². The fourth-order valence-electron chi connectivity index (χ4n) is 3.66. The molecule has 0 unspecified atom stereocenters. The van der Waals surface area contributed by atoms with Gasteiger partial charge in [-0.1, -0.05) is 30.3 Å². The van der Waals surface area contributed by atoms with Crippen LogP contribution in [0.2, 0.25) is 0 Å². The molecule has 2 amide bonds. The molecule has 0 spiro atoms. The molecule has 11 heteroatoms. The first kappa shape index (κ1) is 24.3. The molecule has 0 radical (unpaired) electrons. The number of carbonyl (C=O) groups is 2. The number of ether oxygens (including phenoxy) is 2. The Labute approximate surface area is 203 Å². The Bertz CT molecular complexity index is 1350. The van der Waals surface area contributed by atoms with Crippen molar-refractivity contribution in [3.63, 3.8) is 0 Å². The molecule has 0 fully saturated rings. The molecule has 0 bridgehead atoms. The fraction of sp³-hybridized carbons (Fsp3) is 0.250. The van der Waals surface area contributed by atoms with E-state index in [1.807, 2.05) is 24.3 Å². The summed E-state index contributed by atoms with van der Waals surface area (Å²) in [6.45, 7) is -2.91. The molecule has 0 aliphatic carbocycles. The van der Waals surface area contributed by atoms with Crippen LogP contribution in [0.1, 0.15) is 40.7 Å². The van der Waals surface area contributed by atoms with Gasteiger partial charge in [-0.2, -0.15) is 8.78 Å². The number of pyridine rings is 1. The van der Waals surface area contributed by atoms with Crippen LogP contribution in [0.25, 0.3) is 21.1 Å². The number of para-hydroxylation sites is 2. The molecule has 4 aromatic rings. The molecule has 0 aliphatic heterocycles. The van der Waals surface area contributed by atoms with E-state index in [9.17, 15) is 18.4 Å². The highest BCUT2D eigenvalue weighted by Crippen LogP contribution is 2.33. The van der Waals surface area contributed by atoms with Crippen molar-refractivity contribution < 1.29 is 27.8 Å². The van der Waals surface area contributed by atoms with Crippen LogP contribution >= 0.6 is 11.3 Å². The highest BCUT2D eigenvalue weighted by Gasteiger charge is 2.23. The third-order valence-electron chi connectivity index (χ3n) is 5.23. The molecule has 8 nitrogen and oxygen atoms in total. The summed E-state index contributed by atoms with van der Waals surface area (Å²) in [5.74, 6) is -0.782. The lowest BCUT2D eigenvalue weighted by Gasteiger charge is -2.18. The zero-order valence-electron chi connectivity index (χ0n) is 18.4. The van der Waals surface area contributed by atoms with Crippen molar-refractivity contribution in [3.8, 4) is 5.75 Å². The van der Waals surface area contributed by atoms with Gasteiger partial charge in [0.2, 0.25) is 0 Å². The Morgan fingerprint density at radius 3 is 2.63 bits per heavy atom. The Morgan fingerprint density at radius 2 is 1.83 bits per heavy atom. The SMILES string of the molecule is NC(=O)OCCCC[C@H](NC(=O)c1ccccc1OC(F)F)c1nc2cnc3ccccc3c2s1. The van der Waals surface area contributed by atoms with E-state index in [0.29, 0.717) is 29.8 Å². The molecule has 2 aromatic carbocycles. The van der Waals surface area contributed by atoms with Crippen LogP contribution in [-0.2, 0) is 4.74 Å². The van der Waals surface area contributed by atoms with E-state index in [1.54, 1.807) is 12.3 Å². The molecule has 2 aromatic heterocycles. The van der Waals surface area contributed by atoms with Crippen LogP contribution < -0.4 is 15.8 Å². The highest BCUT2D eigenvalue weighted by atomic mass is 32.1. The number of benzene rings is 2. The largest absolute Gasteiger partial charge is 0.450 e. The van der Waals surface area contributed by atoms with Gasteiger partial charge < -0.3 is 20.5 Å². The zero-order chi connectivity index (χ0) is 24.8. The van der Waals surface area contributed by atoms with Crippen molar-refractivity contribution in [3.05, 3.63) is 65.3 Å². The van der Waals surface area contributed by atoms with E-state index in [1.165, 1.54) is 29.5 Å². The number of hydrogen-bond acceptors (Lipinski definition) is 7. The van der Waals surface area contributed by atoms with E-state index in [2.05, 4.69) is 15.0 Å². The van der Waals surface area contributed by atoms with Crippen LogP contribution in [0.5, 0.6) is 5.75 Å². The number of nitrogens with two attached hydrogens (primary N) is 1. The summed E-state index contributed by atoms with van der Waals surface area (Å²) in [7, 11) is 0. The number of carbonyl (C=O) groups excluding carboxylic acids is 2. The molecule has 35 heavy (non-hydrogen) atoms. The minimum absolute atomic E-state index is 0.0110. The van der Waals surface area contributed by atoms with E-state index in [0.717, 1.165) is 15.6 Å². The number of hydrogen-bond donors (Lipinski definition) is 2. The van der Waals surface area contributed by atoms with Gasteiger partial charge >= 0.3 is 12.7 Å². The summed E-state index contributed by atoms with van der Waals surface area (Å²) in [6, 6.07) is 13.0. The summed E-state index contributed by atoms with van der Waals surface area (Å²) in [6.07, 6.45) is 2.41. The van der Waals surface area contributed by atoms with Crippen LogP contribution in [-0.4, -0.2) is 35.2 Å². The topological polar surface area (TPSA) is 116 Å². The Balaban J connectivity index is 1.61. The third kappa shape index (κ3) is 5.99. The number of primary amides is 1. The van der Waals surface area contributed by atoms with Gasteiger partial charge in [0, 0.05) is 5.39 Å². The molecule has 2 heterocycles. The van der Waals surface area contributed by atoms with Crippen LogP contribution in [0, 0.1) is 0 Å². The molecular weight excluding hydrogens is 478 g/mol. The number of fused-ring (bicyclic) bond motifs is 3. The van der Waals surface area contributed by atoms with E-state index in [-0.39, 0.29) is 17.9 Å². The fourth-order valence-corrected chi connectivity index (χ4v) is 4.81. The van der Waals surface area contributed by atoms with E-state index < -0.39 is 24.7 Å². The lowest BCUT2D eigenvalue weighted by molar-refractivity contribution is -0.0501. The number of aromatic nitrogens is 2. The van der Waals surface area contributed by atoms with Gasteiger partial charge in [-0.15, -0.1) is 11.3 Å². The van der Waals surface area contributed by atoms with E-state index in [4.69, 9.17) is 15.5 Å². The van der Waals surface area contributed by atoms with Crippen molar-refractivity contribution in [1.29, 1.82) is 0 Å². The number of nitrogens with zero attached hydrogens (tertiary/aromatic N) is 2. The van der Waals surface area contributed by atoms with Gasteiger partial charge in [0.25, 0.3) is 5.91 Å². The predicted molar refractivity (Wildman–Crippen MR) is 128 cm³/mol. The molecule has 1 atom stereocenters. The van der Waals surface area contributed by atoms with Gasteiger partial charge in [0.05, 0.1) is 34.6 Å². The van der Waals surface area contributed by atoms with Crippen LogP contribution in [0.3, 0.4) is 0 Å². The van der Waals surface area contributed by atoms with Crippen LogP contribution in [0.4, 0.5) is 13.6 Å². The van der Waals surface area contributed by atoms with Crippen molar-refractivity contribution in [2.45, 2.75) is 31.9 Å². The van der Waals surface area contributed by atoms with Crippen molar-refractivity contribution in [2.24, 2.45) is 5.73 Å². The Morgan fingerprint density at radius 1 is 1.06 bits per heavy atom. The monoisotopic (exact) mass is 500 g/mol. The molecule has 0 aliphatic rings. The quantitative estimate of drug-likeness (QED) is 0.290. The lowest BCUT2D eigenvalue weighted by Crippen LogP contribution is -2.29. The number of alkyl halides is 2. The first-order valence-electron chi connectivity index (χ1n) is 10.8. The number of halogens is 2. The van der Waals surface area contributed by atoms with Crippen molar-refractivity contribution in [2.75, 3.05) is 6.61 Å². The normalized spacial score (nSPS) is 12.1. The summed E-state index contributed by atoms with van der Waals surface area (Å²) in [5, 5.41) is 4.50. The van der Waals surface area contributed by atoms with Gasteiger partial charge in [0.1, 0.15) is 16.3 Å². The van der Waals surface area contributed by atoms with E-state index >= 15 is 0 Å². The maximum absolute atomic E-state index is 13.1. The summed E-state index contributed by atoms with van der Waals surface area (Å²) >= 11 is 1.43. The average Bonchev–Trinajstić information content (AvgIpc) is 3.27.